The average Bonchev–Trinajstić information content (AvgIpc) is 2.67. The lowest BCUT2D eigenvalue weighted by Gasteiger charge is -2.33. The summed E-state index contributed by atoms with van der Waals surface area (Å²) in [5.74, 6) is 0.350. The SMILES string of the molecule is Cc1ncoc1C(=O)N1CCC(C)C(O)C1. The van der Waals surface area contributed by atoms with E-state index in [4.69, 9.17) is 4.42 Å². The van der Waals surface area contributed by atoms with Gasteiger partial charge in [-0.3, -0.25) is 4.79 Å². The predicted octanol–water partition coefficient (Wildman–Crippen LogP) is 0.826. The predicted molar refractivity (Wildman–Crippen MR) is 56.9 cm³/mol. The number of aliphatic hydroxyl groups excluding tert-OH is 1. The molecule has 0 bridgehead atoms. The summed E-state index contributed by atoms with van der Waals surface area (Å²) in [7, 11) is 0. The number of oxazole rings is 1. The number of carbonyl (C=O) groups excluding carboxylic acids is 1. The molecule has 1 saturated heterocycles. The van der Waals surface area contributed by atoms with E-state index in [2.05, 4.69) is 4.98 Å². The van der Waals surface area contributed by atoms with Crippen LogP contribution in [-0.2, 0) is 0 Å². The fourth-order valence-electron chi connectivity index (χ4n) is 1.88. The molecule has 5 nitrogen and oxygen atoms in total. The lowest BCUT2D eigenvalue weighted by molar-refractivity contribution is 0.0230. The summed E-state index contributed by atoms with van der Waals surface area (Å²) in [6.07, 6.45) is 1.65. The molecule has 2 heterocycles. The van der Waals surface area contributed by atoms with Crippen molar-refractivity contribution in [3.8, 4) is 0 Å². The number of aryl methyl sites for hydroxylation is 1. The van der Waals surface area contributed by atoms with Crippen molar-refractivity contribution in [3.05, 3.63) is 17.8 Å². The molecule has 2 atom stereocenters. The maximum atomic E-state index is 12.0. The zero-order valence-corrected chi connectivity index (χ0v) is 9.51. The van der Waals surface area contributed by atoms with Crippen LogP contribution in [0.2, 0.25) is 0 Å². The van der Waals surface area contributed by atoms with Gasteiger partial charge in [0.15, 0.2) is 6.39 Å². The molecule has 16 heavy (non-hydrogen) atoms. The van der Waals surface area contributed by atoms with Crippen molar-refractivity contribution in [2.45, 2.75) is 26.4 Å². The molecule has 0 aliphatic carbocycles. The van der Waals surface area contributed by atoms with Crippen LogP contribution < -0.4 is 0 Å². The van der Waals surface area contributed by atoms with Gasteiger partial charge in [0.05, 0.1) is 11.8 Å². The van der Waals surface area contributed by atoms with Gasteiger partial charge >= 0.3 is 0 Å². The number of rotatable bonds is 1. The van der Waals surface area contributed by atoms with Crippen molar-refractivity contribution in [2.24, 2.45) is 5.92 Å². The van der Waals surface area contributed by atoms with E-state index in [1.54, 1.807) is 11.8 Å². The number of hydrogen-bond acceptors (Lipinski definition) is 4. The normalized spacial score (nSPS) is 25.8. The fourth-order valence-corrected chi connectivity index (χ4v) is 1.88. The van der Waals surface area contributed by atoms with Crippen molar-refractivity contribution in [1.29, 1.82) is 0 Å². The lowest BCUT2D eigenvalue weighted by atomic mass is 9.96. The Balaban J connectivity index is 2.09. The minimum Gasteiger partial charge on any atom is -0.438 e. The Labute approximate surface area is 94.1 Å². The van der Waals surface area contributed by atoms with E-state index in [9.17, 15) is 9.90 Å². The summed E-state index contributed by atoms with van der Waals surface area (Å²) < 4.78 is 5.06. The summed E-state index contributed by atoms with van der Waals surface area (Å²) in [6, 6.07) is 0. The Morgan fingerprint density at radius 1 is 1.69 bits per heavy atom. The second-order valence-corrected chi connectivity index (χ2v) is 4.35. The molecule has 88 valence electrons. The van der Waals surface area contributed by atoms with Crippen LogP contribution in [0.25, 0.3) is 0 Å². The van der Waals surface area contributed by atoms with Crippen LogP contribution in [0.4, 0.5) is 0 Å². The fraction of sp³-hybridized carbons (Fsp3) is 0.636. The van der Waals surface area contributed by atoms with Gasteiger partial charge in [-0.1, -0.05) is 6.92 Å². The number of piperidine rings is 1. The first-order chi connectivity index (χ1) is 7.59. The van der Waals surface area contributed by atoms with E-state index in [1.807, 2.05) is 6.92 Å². The third-order valence-corrected chi connectivity index (χ3v) is 3.15. The molecule has 1 aromatic rings. The average molecular weight is 224 g/mol. The van der Waals surface area contributed by atoms with Crippen LogP contribution in [-0.4, -0.2) is 40.1 Å². The minimum absolute atomic E-state index is 0.180. The van der Waals surface area contributed by atoms with Gasteiger partial charge in [-0.05, 0) is 19.3 Å². The Morgan fingerprint density at radius 2 is 2.44 bits per heavy atom. The zero-order valence-electron chi connectivity index (χ0n) is 9.51. The Morgan fingerprint density at radius 3 is 3.00 bits per heavy atom. The smallest absolute Gasteiger partial charge is 0.291 e. The Kier molecular flexibility index (Phi) is 2.96. The third-order valence-electron chi connectivity index (χ3n) is 3.15. The topological polar surface area (TPSA) is 66.6 Å². The molecule has 2 rings (SSSR count). The molecular formula is C11H16N2O3. The number of aromatic nitrogens is 1. The Hall–Kier alpha value is -1.36. The molecule has 0 aromatic carbocycles. The summed E-state index contributed by atoms with van der Waals surface area (Å²) in [5.41, 5.74) is 0.595. The second-order valence-electron chi connectivity index (χ2n) is 4.35. The minimum atomic E-state index is -0.444. The van der Waals surface area contributed by atoms with Gasteiger partial charge in [-0.2, -0.15) is 0 Å². The number of amides is 1. The quantitative estimate of drug-likeness (QED) is 0.767. The molecule has 5 heteroatoms. The molecule has 0 saturated carbocycles. The van der Waals surface area contributed by atoms with Gasteiger partial charge in [0.2, 0.25) is 5.76 Å². The van der Waals surface area contributed by atoms with Crippen LogP contribution in [0.3, 0.4) is 0 Å². The van der Waals surface area contributed by atoms with Gasteiger partial charge in [-0.25, -0.2) is 4.98 Å². The molecule has 1 aliphatic heterocycles. The van der Waals surface area contributed by atoms with Gasteiger partial charge in [0.1, 0.15) is 0 Å². The highest BCUT2D eigenvalue weighted by atomic mass is 16.3. The van der Waals surface area contributed by atoms with Crippen LogP contribution in [0.5, 0.6) is 0 Å². The first-order valence-corrected chi connectivity index (χ1v) is 5.47. The highest BCUT2D eigenvalue weighted by molar-refractivity contribution is 5.92. The van der Waals surface area contributed by atoms with Gasteiger partial charge < -0.3 is 14.4 Å². The van der Waals surface area contributed by atoms with E-state index in [-0.39, 0.29) is 17.6 Å². The first-order valence-electron chi connectivity index (χ1n) is 5.47. The molecule has 1 N–H and O–H groups in total. The Bertz CT molecular complexity index is 388. The van der Waals surface area contributed by atoms with E-state index in [1.165, 1.54) is 6.39 Å². The van der Waals surface area contributed by atoms with Crippen molar-refractivity contribution in [2.75, 3.05) is 13.1 Å². The maximum Gasteiger partial charge on any atom is 0.291 e. The number of likely N-dealkylation sites (tertiary alicyclic amines) is 1. The highest BCUT2D eigenvalue weighted by Gasteiger charge is 2.29. The molecule has 1 aliphatic rings. The van der Waals surface area contributed by atoms with E-state index in [0.717, 1.165) is 6.42 Å². The van der Waals surface area contributed by atoms with Crippen molar-refractivity contribution in [3.63, 3.8) is 0 Å². The highest BCUT2D eigenvalue weighted by Crippen LogP contribution is 2.19. The van der Waals surface area contributed by atoms with Crippen LogP contribution in [0.15, 0.2) is 10.8 Å². The number of nitrogens with zero attached hydrogens (tertiary/aromatic N) is 2. The van der Waals surface area contributed by atoms with Crippen molar-refractivity contribution < 1.29 is 14.3 Å². The van der Waals surface area contributed by atoms with Gasteiger partial charge in [0.25, 0.3) is 5.91 Å². The van der Waals surface area contributed by atoms with Crippen LogP contribution in [0, 0.1) is 12.8 Å². The molecule has 2 unspecified atom stereocenters. The van der Waals surface area contributed by atoms with Crippen LogP contribution in [0.1, 0.15) is 29.6 Å². The standard InChI is InChI=1S/C11H16N2O3/c1-7-3-4-13(5-9(7)14)11(15)10-8(2)12-6-16-10/h6-7,9,14H,3-5H2,1-2H3. The van der Waals surface area contributed by atoms with E-state index in [0.29, 0.717) is 18.8 Å². The zero-order chi connectivity index (χ0) is 11.7. The summed E-state index contributed by atoms with van der Waals surface area (Å²) >= 11 is 0. The monoisotopic (exact) mass is 224 g/mol. The maximum absolute atomic E-state index is 12.0. The number of β-amino-alcohol motifs (C(OH)–C–C–N with tert-alkyl or cyclic N) is 1. The summed E-state index contributed by atoms with van der Waals surface area (Å²) in [6.45, 7) is 4.77. The van der Waals surface area contributed by atoms with Crippen molar-refractivity contribution >= 4 is 5.91 Å². The largest absolute Gasteiger partial charge is 0.438 e. The number of hydrogen-bond donors (Lipinski definition) is 1. The summed E-state index contributed by atoms with van der Waals surface area (Å²) in [5, 5.41) is 9.72. The summed E-state index contributed by atoms with van der Waals surface area (Å²) in [4.78, 5) is 17.5. The number of aliphatic hydroxyl groups is 1. The lowest BCUT2D eigenvalue weighted by Crippen LogP contribution is -2.45. The molecular weight excluding hydrogens is 208 g/mol. The molecule has 1 aromatic heterocycles. The third kappa shape index (κ3) is 1.95. The molecule has 0 spiro atoms. The molecule has 0 radical (unpaired) electrons. The molecule has 1 amide bonds. The van der Waals surface area contributed by atoms with E-state index >= 15 is 0 Å². The van der Waals surface area contributed by atoms with E-state index < -0.39 is 6.10 Å². The van der Waals surface area contributed by atoms with Gasteiger partial charge in [0, 0.05) is 13.1 Å². The van der Waals surface area contributed by atoms with Crippen molar-refractivity contribution in [1.82, 2.24) is 9.88 Å². The number of carbonyl (C=O) groups is 1. The first kappa shape index (κ1) is 11.1. The molecule has 1 fully saturated rings. The second kappa shape index (κ2) is 4.25. The van der Waals surface area contributed by atoms with Gasteiger partial charge in [-0.15, -0.1) is 0 Å². The van der Waals surface area contributed by atoms with Crippen LogP contribution >= 0.6 is 0 Å².